The molecule has 1 fully saturated rings. The third-order valence-corrected chi connectivity index (χ3v) is 1.86. The van der Waals surface area contributed by atoms with Gasteiger partial charge in [0.1, 0.15) is 5.78 Å². The van der Waals surface area contributed by atoms with Crippen molar-refractivity contribution in [2.45, 2.75) is 52.6 Å². The Kier molecular flexibility index (Phi) is 5.12. The summed E-state index contributed by atoms with van der Waals surface area (Å²) in [5.41, 5.74) is 0. The molecule has 0 aromatic rings. The van der Waals surface area contributed by atoms with Gasteiger partial charge in [-0.25, -0.2) is 0 Å². The zero-order chi connectivity index (χ0) is 8.85. The van der Waals surface area contributed by atoms with E-state index in [4.69, 9.17) is 0 Å². The first-order valence-corrected chi connectivity index (χ1v) is 4.46. The van der Waals surface area contributed by atoms with Gasteiger partial charge in [0.2, 0.25) is 0 Å². The molecular weight excluding hydrogens is 138 g/mol. The van der Waals surface area contributed by atoms with Gasteiger partial charge in [-0.1, -0.05) is 13.8 Å². The Balaban J connectivity index is 0.000000461. The SMILES string of the molecule is CC.CC(=O)C1CCC(C)N1. The summed E-state index contributed by atoms with van der Waals surface area (Å²) in [7, 11) is 0. The molecule has 2 atom stereocenters. The van der Waals surface area contributed by atoms with Crippen LogP contribution in [0.15, 0.2) is 0 Å². The summed E-state index contributed by atoms with van der Waals surface area (Å²) in [4.78, 5) is 10.7. The summed E-state index contributed by atoms with van der Waals surface area (Å²) in [6.07, 6.45) is 2.17. The van der Waals surface area contributed by atoms with Crippen molar-refractivity contribution in [3.8, 4) is 0 Å². The second-order valence-electron chi connectivity index (χ2n) is 2.81. The Morgan fingerprint density at radius 2 is 1.91 bits per heavy atom. The topological polar surface area (TPSA) is 29.1 Å². The standard InChI is InChI=1S/C7H13NO.C2H6/c1-5-3-4-7(8-5)6(2)9;1-2/h5,7-8H,3-4H2,1-2H3;1-2H3. The van der Waals surface area contributed by atoms with Gasteiger partial charge in [-0.2, -0.15) is 0 Å². The lowest BCUT2D eigenvalue weighted by atomic mass is 10.1. The normalized spacial score (nSPS) is 29.1. The molecule has 2 heteroatoms. The third kappa shape index (κ3) is 3.51. The van der Waals surface area contributed by atoms with Crippen LogP contribution in [-0.4, -0.2) is 17.9 Å². The summed E-state index contributed by atoms with van der Waals surface area (Å²) in [5.74, 6) is 0.277. The maximum atomic E-state index is 10.7. The molecule has 0 aromatic heterocycles. The molecule has 0 aromatic carbocycles. The van der Waals surface area contributed by atoms with Crippen LogP contribution in [0.4, 0.5) is 0 Å². The van der Waals surface area contributed by atoms with Crippen LogP contribution in [-0.2, 0) is 4.79 Å². The molecule has 0 bridgehead atoms. The molecule has 0 saturated carbocycles. The minimum Gasteiger partial charge on any atom is -0.305 e. The van der Waals surface area contributed by atoms with E-state index < -0.39 is 0 Å². The minimum absolute atomic E-state index is 0.153. The lowest BCUT2D eigenvalue weighted by molar-refractivity contribution is -0.118. The number of carbonyl (C=O) groups excluding carboxylic acids is 1. The van der Waals surface area contributed by atoms with E-state index in [1.165, 1.54) is 0 Å². The van der Waals surface area contributed by atoms with Crippen molar-refractivity contribution in [3.05, 3.63) is 0 Å². The average molecular weight is 157 g/mol. The fraction of sp³-hybridized carbons (Fsp3) is 0.889. The minimum atomic E-state index is 0.153. The van der Waals surface area contributed by atoms with Gasteiger partial charge in [0, 0.05) is 6.04 Å². The van der Waals surface area contributed by atoms with Crippen LogP contribution in [0.2, 0.25) is 0 Å². The fourth-order valence-electron chi connectivity index (χ4n) is 1.25. The van der Waals surface area contributed by atoms with Crippen molar-refractivity contribution in [1.29, 1.82) is 0 Å². The first-order chi connectivity index (χ1) is 5.20. The highest BCUT2D eigenvalue weighted by Crippen LogP contribution is 2.11. The molecule has 0 radical (unpaired) electrons. The highest BCUT2D eigenvalue weighted by molar-refractivity contribution is 5.81. The van der Waals surface area contributed by atoms with Gasteiger partial charge >= 0.3 is 0 Å². The van der Waals surface area contributed by atoms with Crippen molar-refractivity contribution in [2.75, 3.05) is 0 Å². The maximum absolute atomic E-state index is 10.7. The highest BCUT2D eigenvalue weighted by atomic mass is 16.1. The predicted octanol–water partition coefficient (Wildman–Crippen LogP) is 1.74. The van der Waals surface area contributed by atoms with E-state index in [-0.39, 0.29) is 11.8 Å². The maximum Gasteiger partial charge on any atom is 0.146 e. The Morgan fingerprint density at radius 1 is 1.36 bits per heavy atom. The zero-order valence-corrected chi connectivity index (χ0v) is 7.98. The van der Waals surface area contributed by atoms with Crippen LogP contribution in [0.25, 0.3) is 0 Å². The first-order valence-electron chi connectivity index (χ1n) is 4.46. The van der Waals surface area contributed by atoms with Crippen molar-refractivity contribution in [2.24, 2.45) is 0 Å². The van der Waals surface area contributed by atoms with Crippen LogP contribution in [0.3, 0.4) is 0 Å². The summed E-state index contributed by atoms with van der Waals surface area (Å²) in [6, 6.07) is 0.693. The van der Waals surface area contributed by atoms with Crippen LogP contribution >= 0.6 is 0 Å². The van der Waals surface area contributed by atoms with E-state index in [1.54, 1.807) is 6.92 Å². The molecule has 2 nitrogen and oxygen atoms in total. The molecule has 1 aliphatic heterocycles. The Bertz CT molecular complexity index is 123. The van der Waals surface area contributed by atoms with Gasteiger partial charge in [0.05, 0.1) is 6.04 Å². The number of rotatable bonds is 1. The zero-order valence-electron chi connectivity index (χ0n) is 7.98. The van der Waals surface area contributed by atoms with Gasteiger partial charge in [0.25, 0.3) is 0 Å². The van der Waals surface area contributed by atoms with Crippen molar-refractivity contribution in [1.82, 2.24) is 5.32 Å². The lowest BCUT2D eigenvalue weighted by Gasteiger charge is -2.05. The van der Waals surface area contributed by atoms with Crippen LogP contribution < -0.4 is 5.32 Å². The predicted molar refractivity (Wildman–Crippen MR) is 47.6 cm³/mol. The molecule has 1 rings (SSSR count). The molecule has 1 heterocycles. The van der Waals surface area contributed by atoms with E-state index in [9.17, 15) is 4.79 Å². The quantitative estimate of drug-likeness (QED) is 0.628. The van der Waals surface area contributed by atoms with E-state index in [0.717, 1.165) is 12.8 Å². The number of nitrogens with one attached hydrogen (secondary N) is 1. The number of hydrogen-bond donors (Lipinski definition) is 1. The molecule has 0 spiro atoms. The smallest absolute Gasteiger partial charge is 0.146 e. The van der Waals surface area contributed by atoms with Crippen LogP contribution in [0, 0.1) is 0 Å². The molecular formula is C9H19NO. The van der Waals surface area contributed by atoms with Gasteiger partial charge < -0.3 is 5.32 Å². The Labute approximate surface area is 69.4 Å². The Morgan fingerprint density at radius 3 is 2.09 bits per heavy atom. The number of hydrogen-bond acceptors (Lipinski definition) is 2. The molecule has 0 aliphatic carbocycles. The molecule has 1 N–H and O–H groups in total. The summed E-state index contributed by atoms with van der Waals surface area (Å²) >= 11 is 0. The summed E-state index contributed by atoms with van der Waals surface area (Å²) in [5, 5.41) is 3.20. The van der Waals surface area contributed by atoms with Crippen molar-refractivity contribution < 1.29 is 4.79 Å². The first kappa shape index (κ1) is 10.6. The molecule has 0 amide bonds. The average Bonchev–Trinajstić information content (AvgIpc) is 2.40. The molecule has 2 unspecified atom stereocenters. The van der Waals surface area contributed by atoms with E-state index in [1.807, 2.05) is 13.8 Å². The second kappa shape index (κ2) is 5.30. The second-order valence-corrected chi connectivity index (χ2v) is 2.81. The lowest BCUT2D eigenvalue weighted by Crippen LogP contribution is -2.32. The van der Waals surface area contributed by atoms with Gasteiger partial charge in [-0.15, -0.1) is 0 Å². The molecule has 11 heavy (non-hydrogen) atoms. The van der Waals surface area contributed by atoms with Crippen LogP contribution in [0.5, 0.6) is 0 Å². The number of ketones is 1. The molecule has 1 aliphatic rings. The monoisotopic (exact) mass is 157 g/mol. The van der Waals surface area contributed by atoms with Gasteiger partial charge in [-0.05, 0) is 26.7 Å². The Hall–Kier alpha value is -0.370. The summed E-state index contributed by atoms with van der Waals surface area (Å²) in [6.45, 7) is 7.76. The molecule has 66 valence electrons. The van der Waals surface area contributed by atoms with Gasteiger partial charge in [0.15, 0.2) is 0 Å². The third-order valence-electron chi connectivity index (χ3n) is 1.86. The van der Waals surface area contributed by atoms with Crippen molar-refractivity contribution in [3.63, 3.8) is 0 Å². The van der Waals surface area contributed by atoms with Gasteiger partial charge in [-0.3, -0.25) is 4.79 Å². The summed E-state index contributed by atoms with van der Waals surface area (Å²) < 4.78 is 0. The number of Topliss-reactive ketones (excluding diaryl/α,β-unsaturated/α-hetero) is 1. The largest absolute Gasteiger partial charge is 0.305 e. The molecule has 1 saturated heterocycles. The highest BCUT2D eigenvalue weighted by Gasteiger charge is 2.22. The van der Waals surface area contributed by atoms with Crippen molar-refractivity contribution >= 4 is 5.78 Å². The van der Waals surface area contributed by atoms with E-state index >= 15 is 0 Å². The number of carbonyl (C=O) groups is 1. The fourth-order valence-corrected chi connectivity index (χ4v) is 1.25. The van der Waals surface area contributed by atoms with Crippen LogP contribution in [0.1, 0.15) is 40.5 Å². The van der Waals surface area contributed by atoms with E-state index in [0.29, 0.717) is 6.04 Å². The van der Waals surface area contributed by atoms with E-state index in [2.05, 4.69) is 12.2 Å².